The van der Waals surface area contributed by atoms with Gasteiger partial charge in [0, 0.05) is 0 Å². The lowest BCUT2D eigenvalue weighted by atomic mass is 9.99. The van der Waals surface area contributed by atoms with E-state index in [1.807, 2.05) is 0 Å². The summed E-state index contributed by atoms with van der Waals surface area (Å²) in [7, 11) is 1.52. The molecule has 0 saturated heterocycles. The third-order valence-electron chi connectivity index (χ3n) is 2.61. The number of hydrogen-bond acceptors (Lipinski definition) is 3. The van der Waals surface area contributed by atoms with Gasteiger partial charge in [0.05, 0.1) is 12.7 Å². The molecule has 92 valence electrons. The Morgan fingerprint density at radius 2 is 1.94 bits per heavy atom. The summed E-state index contributed by atoms with van der Waals surface area (Å²) in [6, 6.07) is 11.2. The predicted molar refractivity (Wildman–Crippen MR) is 67.1 cm³/mol. The van der Waals surface area contributed by atoms with Gasteiger partial charge in [-0.2, -0.15) is 0 Å². The van der Waals surface area contributed by atoms with Crippen LogP contribution >= 0.6 is 0 Å². The molecule has 4 nitrogen and oxygen atoms in total. The Labute approximate surface area is 104 Å². The van der Waals surface area contributed by atoms with Crippen LogP contribution in [0.1, 0.15) is 10.4 Å². The Kier molecular flexibility index (Phi) is 3.19. The maximum absolute atomic E-state index is 11.2. The zero-order chi connectivity index (χ0) is 13.1. The Balaban J connectivity index is 2.63. The highest BCUT2D eigenvalue weighted by atomic mass is 16.5. The minimum atomic E-state index is -1.02. The van der Waals surface area contributed by atoms with Crippen LogP contribution in [0.5, 0.6) is 11.5 Å². The summed E-state index contributed by atoms with van der Waals surface area (Å²) in [5.41, 5.74) is 1.31. The second-order valence-electron chi connectivity index (χ2n) is 3.77. The van der Waals surface area contributed by atoms with E-state index in [1.54, 1.807) is 24.3 Å². The van der Waals surface area contributed by atoms with Crippen LogP contribution in [0.25, 0.3) is 11.1 Å². The van der Waals surface area contributed by atoms with Crippen molar-refractivity contribution >= 4 is 5.97 Å². The standard InChI is InChI=1S/C14H12O4/c1-18-11-5-6-12(14(16)17)13(8-11)9-3-2-4-10(15)7-9/h2-8,15H,1H3,(H,16,17). The number of carbonyl (C=O) groups is 1. The van der Waals surface area contributed by atoms with Gasteiger partial charge in [0.1, 0.15) is 11.5 Å². The van der Waals surface area contributed by atoms with Gasteiger partial charge in [0.25, 0.3) is 0 Å². The molecule has 0 radical (unpaired) electrons. The summed E-state index contributed by atoms with van der Waals surface area (Å²) >= 11 is 0. The van der Waals surface area contributed by atoms with E-state index in [0.29, 0.717) is 16.9 Å². The molecule has 18 heavy (non-hydrogen) atoms. The van der Waals surface area contributed by atoms with Gasteiger partial charge in [-0.3, -0.25) is 0 Å². The van der Waals surface area contributed by atoms with Crippen molar-refractivity contribution in [2.24, 2.45) is 0 Å². The number of carboxylic acid groups (broad SMARTS) is 1. The fraction of sp³-hybridized carbons (Fsp3) is 0.0714. The molecule has 2 N–H and O–H groups in total. The van der Waals surface area contributed by atoms with Gasteiger partial charge < -0.3 is 14.9 Å². The first-order chi connectivity index (χ1) is 8.61. The molecule has 0 heterocycles. The van der Waals surface area contributed by atoms with Gasteiger partial charge in [-0.05, 0) is 41.5 Å². The molecule has 4 heteroatoms. The molecule has 0 aliphatic heterocycles. The fourth-order valence-corrected chi connectivity index (χ4v) is 1.75. The quantitative estimate of drug-likeness (QED) is 0.871. The molecule has 0 aliphatic carbocycles. The number of carboxylic acids is 1. The van der Waals surface area contributed by atoms with Crippen LogP contribution in [0.15, 0.2) is 42.5 Å². The average molecular weight is 244 g/mol. The van der Waals surface area contributed by atoms with Crippen molar-refractivity contribution in [3.8, 4) is 22.6 Å². The van der Waals surface area contributed by atoms with E-state index >= 15 is 0 Å². The van der Waals surface area contributed by atoms with Crippen molar-refractivity contribution in [1.29, 1.82) is 0 Å². The highest BCUT2D eigenvalue weighted by Gasteiger charge is 2.13. The van der Waals surface area contributed by atoms with Gasteiger partial charge in [0.2, 0.25) is 0 Å². The Hall–Kier alpha value is -2.49. The largest absolute Gasteiger partial charge is 0.508 e. The number of phenols is 1. The number of methoxy groups -OCH3 is 1. The first kappa shape index (κ1) is 12.0. The number of aromatic hydroxyl groups is 1. The third-order valence-corrected chi connectivity index (χ3v) is 2.61. The van der Waals surface area contributed by atoms with Crippen LogP contribution in [-0.2, 0) is 0 Å². The Morgan fingerprint density at radius 1 is 1.17 bits per heavy atom. The lowest BCUT2D eigenvalue weighted by Gasteiger charge is -2.09. The molecule has 0 spiro atoms. The predicted octanol–water partition coefficient (Wildman–Crippen LogP) is 2.77. The molecule has 0 unspecified atom stereocenters. The number of aromatic carboxylic acids is 1. The molecule has 0 atom stereocenters. The van der Waals surface area contributed by atoms with E-state index in [1.165, 1.54) is 25.3 Å². The molecular formula is C14H12O4. The molecule has 0 saturated carbocycles. The SMILES string of the molecule is COc1ccc(C(=O)O)c(-c2cccc(O)c2)c1. The fourth-order valence-electron chi connectivity index (χ4n) is 1.75. The molecular weight excluding hydrogens is 232 g/mol. The highest BCUT2D eigenvalue weighted by molar-refractivity contribution is 5.96. The highest BCUT2D eigenvalue weighted by Crippen LogP contribution is 2.30. The Bertz CT molecular complexity index is 590. The second kappa shape index (κ2) is 4.79. The minimum absolute atomic E-state index is 0.0895. The van der Waals surface area contributed by atoms with Crippen LogP contribution in [-0.4, -0.2) is 23.3 Å². The van der Waals surface area contributed by atoms with Crippen LogP contribution in [0, 0.1) is 0 Å². The van der Waals surface area contributed by atoms with Crippen molar-refractivity contribution in [1.82, 2.24) is 0 Å². The van der Waals surface area contributed by atoms with Gasteiger partial charge in [-0.25, -0.2) is 4.79 Å². The van der Waals surface area contributed by atoms with Gasteiger partial charge in [0.15, 0.2) is 0 Å². The van der Waals surface area contributed by atoms with E-state index in [-0.39, 0.29) is 11.3 Å². The third kappa shape index (κ3) is 2.27. The number of hydrogen-bond donors (Lipinski definition) is 2. The van der Waals surface area contributed by atoms with E-state index in [0.717, 1.165) is 0 Å². The van der Waals surface area contributed by atoms with Crippen molar-refractivity contribution < 1.29 is 19.7 Å². The van der Waals surface area contributed by atoms with Crippen LogP contribution < -0.4 is 4.74 Å². The van der Waals surface area contributed by atoms with Crippen LogP contribution in [0.3, 0.4) is 0 Å². The number of ether oxygens (including phenoxy) is 1. The van der Waals surface area contributed by atoms with E-state index < -0.39 is 5.97 Å². The maximum Gasteiger partial charge on any atom is 0.336 e. The monoisotopic (exact) mass is 244 g/mol. The summed E-state index contributed by atoms with van der Waals surface area (Å²) in [4.78, 5) is 11.2. The van der Waals surface area contributed by atoms with Crippen molar-refractivity contribution in [2.75, 3.05) is 7.11 Å². The molecule has 0 aromatic heterocycles. The second-order valence-corrected chi connectivity index (χ2v) is 3.77. The van der Waals surface area contributed by atoms with Crippen LogP contribution in [0.4, 0.5) is 0 Å². The molecule has 0 fully saturated rings. The molecule has 0 amide bonds. The van der Waals surface area contributed by atoms with Gasteiger partial charge in [-0.15, -0.1) is 0 Å². The minimum Gasteiger partial charge on any atom is -0.508 e. The number of phenolic OH excluding ortho intramolecular Hbond substituents is 1. The first-order valence-corrected chi connectivity index (χ1v) is 5.32. The van der Waals surface area contributed by atoms with Crippen LogP contribution in [0.2, 0.25) is 0 Å². The molecule has 2 aromatic rings. The normalized spacial score (nSPS) is 10.1. The Morgan fingerprint density at radius 3 is 2.56 bits per heavy atom. The smallest absolute Gasteiger partial charge is 0.336 e. The van der Waals surface area contributed by atoms with E-state index in [9.17, 15) is 9.90 Å². The topological polar surface area (TPSA) is 66.8 Å². The van der Waals surface area contributed by atoms with Crippen molar-refractivity contribution in [2.45, 2.75) is 0 Å². The molecule has 2 rings (SSSR count). The first-order valence-electron chi connectivity index (χ1n) is 5.32. The number of rotatable bonds is 3. The summed E-state index contributed by atoms with van der Waals surface area (Å²) in [6.45, 7) is 0. The lowest BCUT2D eigenvalue weighted by Crippen LogP contribution is -2.00. The van der Waals surface area contributed by atoms with Crippen molar-refractivity contribution in [3.63, 3.8) is 0 Å². The van der Waals surface area contributed by atoms with Gasteiger partial charge in [-0.1, -0.05) is 12.1 Å². The van der Waals surface area contributed by atoms with Gasteiger partial charge >= 0.3 is 5.97 Å². The number of benzene rings is 2. The summed E-state index contributed by atoms with van der Waals surface area (Å²) in [5.74, 6) is -0.360. The lowest BCUT2D eigenvalue weighted by molar-refractivity contribution is 0.0697. The zero-order valence-corrected chi connectivity index (χ0v) is 9.75. The molecule has 0 aliphatic rings. The molecule has 0 bridgehead atoms. The summed E-state index contributed by atoms with van der Waals surface area (Å²) in [5, 5.41) is 18.6. The zero-order valence-electron chi connectivity index (χ0n) is 9.75. The van der Waals surface area contributed by atoms with E-state index in [2.05, 4.69) is 0 Å². The average Bonchev–Trinajstić information content (AvgIpc) is 2.38. The summed E-state index contributed by atoms with van der Waals surface area (Å²) in [6.07, 6.45) is 0. The van der Waals surface area contributed by atoms with Crippen molar-refractivity contribution in [3.05, 3.63) is 48.0 Å². The summed E-state index contributed by atoms with van der Waals surface area (Å²) < 4.78 is 5.09. The van der Waals surface area contributed by atoms with E-state index in [4.69, 9.17) is 9.84 Å². The molecule has 2 aromatic carbocycles. The maximum atomic E-state index is 11.2.